The average molecular weight is 409 g/mol. The summed E-state index contributed by atoms with van der Waals surface area (Å²) in [6.45, 7) is 0. The Morgan fingerprint density at radius 3 is 1.68 bits per heavy atom. The monoisotopic (exact) mass is 407 g/mol. The van der Waals surface area contributed by atoms with Crippen LogP contribution in [0.3, 0.4) is 0 Å². The molecule has 3 aromatic carbocycles. The molecule has 3 nitrogen and oxygen atoms in total. The quantitative estimate of drug-likeness (QED) is 0.548. The van der Waals surface area contributed by atoms with Gasteiger partial charge in [-0.05, 0) is 41.5 Å². The van der Waals surface area contributed by atoms with Crippen molar-refractivity contribution < 1.29 is 0 Å². The Bertz CT molecular complexity index is 945. The van der Waals surface area contributed by atoms with Crippen LogP contribution in [0.1, 0.15) is 11.1 Å². The number of anilines is 1. The highest BCUT2D eigenvalue weighted by atomic mass is 79.9. The summed E-state index contributed by atoms with van der Waals surface area (Å²) >= 11 is 9.36. The van der Waals surface area contributed by atoms with Crippen LogP contribution >= 0.6 is 27.5 Å². The van der Waals surface area contributed by atoms with E-state index in [4.69, 9.17) is 17.3 Å². The standard InChI is InChI=1S/C20H11BrClN3/c21-14-5-1-12(2-6-14)16-9-17(13-3-7-15(22)8-4-13)19(11-24)20(25)18(16)10-23/h1-9H,25H2. The summed E-state index contributed by atoms with van der Waals surface area (Å²) < 4.78 is 0.939. The third-order valence-corrected chi connectivity index (χ3v) is 4.68. The molecule has 0 spiro atoms. The van der Waals surface area contributed by atoms with Gasteiger partial charge in [0.1, 0.15) is 12.1 Å². The molecule has 0 aromatic heterocycles. The van der Waals surface area contributed by atoms with Crippen LogP contribution in [-0.2, 0) is 0 Å². The minimum absolute atomic E-state index is 0.190. The van der Waals surface area contributed by atoms with Crippen molar-refractivity contribution in [2.75, 3.05) is 5.73 Å². The second kappa shape index (κ2) is 6.99. The topological polar surface area (TPSA) is 73.6 Å². The Morgan fingerprint density at radius 2 is 1.24 bits per heavy atom. The first-order chi connectivity index (χ1) is 12.0. The molecule has 2 N–H and O–H groups in total. The molecule has 3 aromatic rings. The SMILES string of the molecule is N#Cc1c(-c2ccc(Cl)cc2)cc(-c2ccc(Br)cc2)c(C#N)c1N. The van der Waals surface area contributed by atoms with Gasteiger partial charge in [-0.2, -0.15) is 10.5 Å². The molecular weight excluding hydrogens is 398 g/mol. The molecule has 0 unspecified atom stereocenters. The number of rotatable bonds is 2. The molecule has 0 aliphatic rings. The van der Waals surface area contributed by atoms with Gasteiger partial charge in [-0.3, -0.25) is 0 Å². The van der Waals surface area contributed by atoms with Gasteiger partial charge in [-0.15, -0.1) is 0 Å². The Balaban J connectivity index is 2.33. The number of nitrogen functional groups attached to an aromatic ring is 1. The first-order valence-corrected chi connectivity index (χ1v) is 8.50. The zero-order valence-corrected chi connectivity index (χ0v) is 15.3. The molecule has 25 heavy (non-hydrogen) atoms. The van der Waals surface area contributed by atoms with E-state index in [-0.39, 0.29) is 5.69 Å². The van der Waals surface area contributed by atoms with Crippen LogP contribution in [0.4, 0.5) is 5.69 Å². The summed E-state index contributed by atoms with van der Waals surface area (Å²) in [5, 5.41) is 19.7. The molecule has 0 bridgehead atoms. The second-order valence-electron chi connectivity index (χ2n) is 5.37. The van der Waals surface area contributed by atoms with Crippen molar-refractivity contribution in [3.05, 3.63) is 75.2 Å². The van der Waals surface area contributed by atoms with Crippen molar-refractivity contribution >= 4 is 33.2 Å². The first kappa shape index (κ1) is 17.0. The van der Waals surface area contributed by atoms with E-state index in [0.29, 0.717) is 27.3 Å². The maximum Gasteiger partial charge on any atom is 0.102 e. The van der Waals surface area contributed by atoms with Gasteiger partial charge in [0.05, 0.1) is 16.8 Å². The molecule has 5 heteroatoms. The van der Waals surface area contributed by atoms with Crippen LogP contribution in [0.5, 0.6) is 0 Å². The molecule has 0 amide bonds. The number of nitriles is 2. The summed E-state index contributed by atoms with van der Waals surface area (Å²) in [5.74, 6) is 0. The first-order valence-electron chi connectivity index (χ1n) is 7.33. The molecule has 3 rings (SSSR count). The van der Waals surface area contributed by atoms with Crippen molar-refractivity contribution in [3.63, 3.8) is 0 Å². The molecule has 0 heterocycles. The maximum atomic E-state index is 9.57. The molecule has 0 saturated heterocycles. The lowest BCUT2D eigenvalue weighted by atomic mass is 9.90. The summed E-state index contributed by atoms with van der Waals surface area (Å²) in [4.78, 5) is 0. The molecule has 0 aliphatic carbocycles. The van der Waals surface area contributed by atoms with Gasteiger partial charge in [0.25, 0.3) is 0 Å². The largest absolute Gasteiger partial charge is 0.397 e. The van der Waals surface area contributed by atoms with Crippen LogP contribution in [0.15, 0.2) is 59.1 Å². The van der Waals surface area contributed by atoms with Crippen LogP contribution in [-0.4, -0.2) is 0 Å². The lowest BCUT2D eigenvalue weighted by Gasteiger charge is -2.14. The highest BCUT2D eigenvalue weighted by Crippen LogP contribution is 2.37. The summed E-state index contributed by atoms with van der Waals surface area (Å²) in [6, 6.07) is 20.8. The summed E-state index contributed by atoms with van der Waals surface area (Å²) in [5.41, 5.74) is 9.98. The van der Waals surface area contributed by atoms with Crippen LogP contribution in [0, 0.1) is 22.7 Å². The normalized spacial score (nSPS) is 10.1. The highest BCUT2D eigenvalue weighted by Gasteiger charge is 2.18. The van der Waals surface area contributed by atoms with Crippen LogP contribution in [0.2, 0.25) is 5.02 Å². The van der Waals surface area contributed by atoms with Crippen molar-refractivity contribution in [1.29, 1.82) is 10.5 Å². The molecular formula is C20H11BrClN3. The van der Waals surface area contributed by atoms with Gasteiger partial charge >= 0.3 is 0 Å². The van der Waals surface area contributed by atoms with Gasteiger partial charge in [-0.25, -0.2) is 0 Å². The van der Waals surface area contributed by atoms with Crippen LogP contribution in [0.25, 0.3) is 22.3 Å². The molecule has 0 radical (unpaired) electrons. The third kappa shape index (κ3) is 3.23. The van der Waals surface area contributed by atoms with E-state index in [1.54, 1.807) is 12.1 Å². The molecule has 120 valence electrons. The number of nitrogens with zero attached hydrogens (tertiary/aromatic N) is 2. The predicted octanol–water partition coefficient (Wildman–Crippen LogP) is 5.76. The molecule has 0 fully saturated rings. The number of hydrogen-bond acceptors (Lipinski definition) is 3. The predicted molar refractivity (Wildman–Crippen MR) is 104 cm³/mol. The summed E-state index contributed by atoms with van der Waals surface area (Å²) in [6.07, 6.45) is 0. The number of benzene rings is 3. The second-order valence-corrected chi connectivity index (χ2v) is 6.72. The third-order valence-electron chi connectivity index (χ3n) is 3.90. The Kier molecular flexibility index (Phi) is 4.76. The molecule has 0 atom stereocenters. The zero-order valence-electron chi connectivity index (χ0n) is 12.9. The van der Waals surface area contributed by atoms with Crippen molar-refractivity contribution in [1.82, 2.24) is 0 Å². The lowest BCUT2D eigenvalue weighted by molar-refractivity contribution is 1.44. The fourth-order valence-corrected chi connectivity index (χ4v) is 3.05. The van der Waals surface area contributed by atoms with E-state index in [0.717, 1.165) is 15.6 Å². The van der Waals surface area contributed by atoms with Gasteiger partial charge in [0, 0.05) is 20.6 Å². The average Bonchev–Trinajstić information content (AvgIpc) is 2.62. The lowest BCUT2D eigenvalue weighted by Crippen LogP contribution is -2.00. The van der Waals surface area contributed by atoms with Gasteiger partial charge < -0.3 is 5.73 Å². The van der Waals surface area contributed by atoms with Crippen molar-refractivity contribution in [3.8, 4) is 34.4 Å². The minimum atomic E-state index is 0.190. The number of halogens is 2. The van der Waals surface area contributed by atoms with E-state index in [9.17, 15) is 10.5 Å². The van der Waals surface area contributed by atoms with E-state index >= 15 is 0 Å². The van der Waals surface area contributed by atoms with Gasteiger partial charge in [0.2, 0.25) is 0 Å². The van der Waals surface area contributed by atoms with E-state index in [2.05, 4.69) is 28.1 Å². The van der Waals surface area contributed by atoms with Crippen molar-refractivity contribution in [2.24, 2.45) is 0 Å². The van der Waals surface area contributed by atoms with Crippen LogP contribution < -0.4 is 5.73 Å². The molecule has 0 saturated carbocycles. The fraction of sp³-hybridized carbons (Fsp3) is 0. The molecule has 0 aliphatic heterocycles. The Labute approximate surface area is 159 Å². The summed E-state index contributed by atoms with van der Waals surface area (Å²) in [7, 11) is 0. The van der Waals surface area contributed by atoms with Gasteiger partial charge in [0.15, 0.2) is 0 Å². The van der Waals surface area contributed by atoms with E-state index in [1.807, 2.05) is 42.5 Å². The minimum Gasteiger partial charge on any atom is -0.397 e. The number of hydrogen-bond donors (Lipinski definition) is 1. The number of nitrogens with two attached hydrogens (primary N) is 1. The van der Waals surface area contributed by atoms with E-state index < -0.39 is 0 Å². The smallest absolute Gasteiger partial charge is 0.102 e. The van der Waals surface area contributed by atoms with Crippen molar-refractivity contribution in [2.45, 2.75) is 0 Å². The Morgan fingerprint density at radius 1 is 0.800 bits per heavy atom. The Hall–Kier alpha value is -2.79. The fourth-order valence-electron chi connectivity index (χ4n) is 2.66. The van der Waals surface area contributed by atoms with E-state index in [1.165, 1.54) is 0 Å². The zero-order chi connectivity index (χ0) is 18.0. The maximum absolute atomic E-state index is 9.57. The highest BCUT2D eigenvalue weighted by molar-refractivity contribution is 9.10. The van der Waals surface area contributed by atoms with Gasteiger partial charge in [-0.1, -0.05) is 51.8 Å².